The molecule has 220 valence electrons. The summed E-state index contributed by atoms with van der Waals surface area (Å²) < 4.78 is 11.2. The number of anilines is 1. The van der Waals surface area contributed by atoms with Crippen LogP contribution in [0.5, 0.6) is 5.75 Å². The van der Waals surface area contributed by atoms with Gasteiger partial charge in [0.15, 0.2) is 0 Å². The van der Waals surface area contributed by atoms with Gasteiger partial charge < -0.3 is 25.4 Å². The van der Waals surface area contributed by atoms with Gasteiger partial charge in [-0.3, -0.25) is 19.3 Å². The van der Waals surface area contributed by atoms with E-state index in [1.54, 1.807) is 0 Å². The summed E-state index contributed by atoms with van der Waals surface area (Å²) in [7, 11) is 0. The lowest BCUT2D eigenvalue weighted by Crippen LogP contribution is -2.57. The fourth-order valence-electron chi connectivity index (χ4n) is 5.96. The topological polar surface area (TPSA) is 109 Å². The van der Waals surface area contributed by atoms with Crippen LogP contribution < -0.4 is 20.7 Å². The number of carbonyl (C=O) groups excluding carboxylic acids is 3. The standard InChI is InChI=1S/C31H46N4O5/c1-4-40-25-10-8-24(9-11-25)32-28(36)20-35-16-14-31(15-17-35)13-6-5-7-23-21-39-18-12-26(23)33-29(37)27(19-22(2)3)34-30(31)38/h5-6,8-11,22-23,26-27H,4,7,12-21H2,1-3H3,(H,32,36)(H,33,37)(H,34,38)/b6-5+/t23-,26+,27-/m0/s1. The van der Waals surface area contributed by atoms with E-state index in [0.717, 1.165) is 24.3 Å². The zero-order chi connectivity index (χ0) is 28.5. The van der Waals surface area contributed by atoms with Gasteiger partial charge in [-0.15, -0.1) is 0 Å². The summed E-state index contributed by atoms with van der Waals surface area (Å²) in [5.41, 5.74) is 0.126. The molecule has 0 aromatic heterocycles. The van der Waals surface area contributed by atoms with Gasteiger partial charge in [-0.05, 0) is 88.7 Å². The van der Waals surface area contributed by atoms with Crippen LogP contribution in [-0.2, 0) is 19.1 Å². The fourth-order valence-corrected chi connectivity index (χ4v) is 5.96. The predicted octanol–water partition coefficient (Wildman–Crippen LogP) is 3.51. The Labute approximate surface area is 238 Å². The number of rotatable bonds is 7. The summed E-state index contributed by atoms with van der Waals surface area (Å²) in [6.07, 6.45) is 8.37. The third kappa shape index (κ3) is 8.07. The summed E-state index contributed by atoms with van der Waals surface area (Å²) >= 11 is 0. The first-order valence-electron chi connectivity index (χ1n) is 14.9. The summed E-state index contributed by atoms with van der Waals surface area (Å²) in [4.78, 5) is 42.0. The molecule has 1 aromatic carbocycles. The number of amides is 3. The number of nitrogens with one attached hydrogen (secondary N) is 3. The van der Waals surface area contributed by atoms with Crippen molar-refractivity contribution in [1.82, 2.24) is 15.5 Å². The van der Waals surface area contributed by atoms with Gasteiger partial charge in [0.25, 0.3) is 0 Å². The van der Waals surface area contributed by atoms with E-state index in [0.29, 0.717) is 58.6 Å². The van der Waals surface area contributed by atoms with E-state index in [9.17, 15) is 14.4 Å². The Hall–Kier alpha value is -2.91. The summed E-state index contributed by atoms with van der Waals surface area (Å²) in [5.74, 6) is 1.03. The molecule has 3 amide bonds. The molecule has 0 unspecified atom stereocenters. The van der Waals surface area contributed by atoms with Crippen molar-refractivity contribution < 1.29 is 23.9 Å². The molecule has 1 aromatic rings. The molecule has 0 saturated carbocycles. The number of hydrogen-bond donors (Lipinski definition) is 3. The van der Waals surface area contributed by atoms with Crippen LogP contribution in [0.4, 0.5) is 5.69 Å². The Morgan fingerprint density at radius 3 is 2.60 bits per heavy atom. The largest absolute Gasteiger partial charge is 0.494 e. The van der Waals surface area contributed by atoms with Crippen LogP contribution in [0.2, 0.25) is 0 Å². The molecule has 2 fully saturated rings. The van der Waals surface area contributed by atoms with Crippen molar-refractivity contribution in [3.8, 4) is 5.75 Å². The highest BCUT2D eigenvalue weighted by Gasteiger charge is 2.42. The lowest BCUT2D eigenvalue weighted by atomic mass is 9.74. The monoisotopic (exact) mass is 554 g/mol. The number of benzene rings is 1. The van der Waals surface area contributed by atoms with E-state index < -0.39 is 11.5 Å². The Morgan fingerprint density at radius 1 is 1.15 bits per heavy atom. The molecule has 3 aliphatic rings. The average molecular weight is 555 g/mol. The van der Waals surface area contributed by atoms with Crippen LogP contribution in [0.3, 0.4) is 0 Å². The molecular weight excluding hydrogens is 508 g/mol. The van der Waals surface area contributed by atoms with Gasteiger partial charge in [-0.25, -0.2) is 0 Å². The van der Waals surface area contributed by atoms with E-state index in [4.69, 9.17) is 9.47 Å². The van der Waals surface area contributed by atoms with Crippen molar-refractivity contribution in [3.05, 3.63) is 36.4 Å². The number of ether oxygens (including phenoxy) is 2. The molecule has 4 rings (SSSR count). The first-order chi connectivity index (χ1) is 19.3. The summed E-state index contributed by atoms with van der Waals surface area (Å²) in [6.45, 7) is 9.49. The minimum absolute atomic E-state index is 0.0551. The molecule has 40 heavy (non-hydrogen) atoms. The van der Waals surface area contributed by atoms with E-state index in [1.807, 2.05) is 31.2 Å². The minimum atomic E-state index is -0.601. The highest BCUT2D eigenvalue weighted by atomic mass is 16.5. The van der Waals surface area contributed by atoms with E-state index >= 15 is 0 Å². The quantitative estimate of drug-likeness (QED) is 0.445. The number of carbonyl (C=O) groups is 3. The van der Waals surface area contributed by atoms with Gasteiger partial charge in [0, 0.05) is 24.3 Å². The van der Waals surface area contributed by atoms with Crippen molar-refractivity contribution in [2.45, 2.75) is 71.4 Å². The fraction of sp³-hybridized carbons (Fsp3) is 0.645. The molecule has 0 bridgehead atoms. The molecule has 2 saturated heterocycles. The van der Waals surface area contributed by atoms with Crippen LogP contribution in [0.1, 0.15) is 59.3 Å². The SMILES string of the molecule is CCOc1ccc(NC(=O)CN2CCC3(C/C=C/C[C@H]4COCC[C@H]4NC(=O)[C@H](CC(C)C)NC3=O)CC2)cc1. The molecule has 9 nitrogen and oxygen atoms in total. The van der Waals surface area contributed by atoms with Crippen molar-refractivity contribution in [1.29, 1.82) is 0 Å². The van der Waals surface area contributed by atoms with Crippen LogP contribution in [-0.4, -0.2) is 74.2 Å². The van der Waals surface area contributed by atoms with Crippen molar-refractivity contribution >= 4 is 23.4 Å². The molecule has 1 spiro atoms. The molecule has 0 radical (unpaired) electrons. The van der Waals surface area contributed by atoms with E-state index in [-0.39, 0.29) is 42.1 Å². The zero-order valence-corrected chi connectivity index (χ0v) is 24.2. The number of piperidine rings is 1. The predicted molar refractivity (Wildman–Crippen MR) is 155 cm³/mol. The number of likely N-dealkylation sites (tertiary alicyclic amines) is 1. The van der Waals surface area contributed by atoms with Gasteiger partial charge in [0.1, 0.15) is 11.8 Å². The first-order valence-corrected chi connectivity index (χ1v) is 14.9. The lowest BCUT2D eigenvalue weighted by molar-refractivity contribution is -0.138. The average Bonchev–Trinajstić information content (AvgIpc) is 2.93. The van der Waals surface area contributed by atoms with Crippen molar-refractivity contribution in [2.75, 3.05) is 44.8 Å². The maximum Gasteiger partial charge on any atom is 0.242 e. The minimum Gasteiger partial charge on any atom is -0.494 e. The lowest BCUT2D eigenvalue weighted by Gasteiger charge is -2.41. The second-order valence-electron chi connectivity index (χ2n) is 11.9. The normalized spacial score (nSPS) is 26.6. The molecular formula is C31H46N4O5. The highest BCUT2D eigenvalue weighted by molar-refractivity contribution is 5.92. The summed E-state index contributed by atoms with van der Waals surface area (Å²) in [6, 6.07) is 6.85. The second kappa shape index (κ2) is 14.1. The van der Waals surface area contributed by atoms with Crippen LogP contribution in [0.15, 0.2) is 36.4 Å². The Kier molecular flexibility index (Phi) is 10.6. The van der Waals surface area contributed by atoms with Crippen LogP contribution >= 0.6 is 0 Å². The molecule has 3 heterocycles. The Morgan fingerprint density at radius 2 is 1.90 bits per heavy atom. The smallest absolute Gasteiger partial charge is 0.242 e. The van der Waals surface area contributed by atoms with Gasteiger partial charge in [-0.2, -0.15) is 0 Å². The van der Waals surface area contributed by atoms with E-state index in [2.05, 4.69) is 46.8 Å². The summed E-state index contributed by atoms with van der Waals surface area (Å²) in [5, 5.41) is 9.34. The van der Waals surface area contributed by atoms with E-state index in [1.165, 1.54) is 0 Å². The van der Waals surface area contributed by atoms with Gasteiger partial charge in [0.2, 0.25) is 17.7 Å². The number of fused-ring (bicyclic) bond motifs is 1. The number of nitrogens with zero attached hydrogens (tertiary/aromatic N) is 1. The number of allylic oxidation sites excluding steroid dienone is 2. The molecule has 3 N–H and O–H groups in total. The highest BCUT2D eigenvalue weighted by Crippen LogP contribution is 2.37. The van der Waals surface area contributed by atoms with Crippen LogP contribution in [0, 0.1) is 17.3 Å². The maximum absolute atomic E-state index is 13.8. The first kappa shape index (κ1) is 30.1. The third-order valence-electron chi connectivity index (χ3n) is 8.36. The van der Waals surface area contributed by atoms with Gasteiger partial charge >= 0.3 is 0 Å². The van der Waals surface area contributed by atoms with Crippen LogP contribution in [0.25, 0.3) is 0 Å². The number of hydrogen-bond acceptors (Lipinski definition) is 6. The Bertz CT molecular complexity index is 1030. The maximum atomic E-state index is 13.8. The van der Waals surface area contributed by atoms with Crippen molar-refractivity contribution in [3.63, 3.8) is 0 Å². The van der Waals surface area contributed by atoms with Crippen molar-refractivity contribution in [2.24, 2.45) is 17.3 Å². The second-order valence-corrected chi connectivity index (χ2v) is 11.9. The molecule has 3 atom stereocenters. The third-order valence-corrected chi connectivity index (χ3v) is 8.36. The molecule has 9 heteroatoms. The van der Waals surface area contributed by atoms with Gasteiger partial charge in [0.05, 0.1) is 25.2 Å². The molecule has 0 aliphatic carbocycles. The van der Waals surface area contributed by atoms with Gasteiger partial charge in [-0.1, -0.05) is 26.0 Å². The molecule has 3 aliphatic heterocycles. The Balaban J connectivity index is 1.40. The zero-order valence-electron chi connectivity index (χ0n) is 24.2.